The van der Waals surface area contributed by atoms with Gasteiger partial charge in [-0.05, 0) is 203 Å². The number of carbonyl (C=O) groups excluding carboxylic acids is 3. The maximum absolute atomic E-state index is 11.5. The molecule has 79 heavy (non-hydrogen) atoms. The summed E-state index contributed by atoms with van der Waals surface area (Å²) in [5.41, 5.74) is 1.30. The number of piperazine rings is 3. The van der Waals surface area contributed by atoms with E-state index in [1.54, 1.807) is 4.90 Å². The van der Waals surface area contributed by atoms with Crippen LogP contribution in [0.2, 0.25) is 0 Å². The normalized spacial score (nSPS) is 19.1. The molecule has 12 nitrogen and oxygen atoms in total. The summed E-state index contributed by atoms with van der Waals surface area (Å²) in [4.78, 5) is 54.3. The fraction of sp³-hybridized carbons (Fsp3) is 0.955. The zero-order valence-electron chi connectivity index (χ0n) is 59.7. The molecule has 6 aliphatic heterocycles. The molecule has 0 atom stereocenters. The maximum Gasteiger partial charge on any atom is 0.237 e. The number of hydrogen-bond donors (Lipinski definition) is 0. The van der Waals surface area contributed by atoms with E-state index >= 15 is 0 Å². The lowest BCUT2D eigenvalue weighted by molar-refractivity contribution is -0.141. The van der Waals surface area contributed by atoms with Gasteiger partial charge in [-0.15, -0.1) is 0 Å². The van der Waals surface area contributed by atoms with Gasteiger partial charge < -0.3 is 19.6 Å². The van der Waals surface area contributed by atoms with Crippen molar-refractivity contribution in [1.29, 1.82) is 0 Å². The van der Waals surface area contributed by atoms with Gasteiger partial charge in [0.05, 0.1) is 13.1 Å². The minimum atomic E-state index is -0.0155. The molecular weight excluding hydrogens is 979 g/mol. The van der Waals surface area contributed by atoms with Crippen molar-refractivity contribution in [3.05, 3.63) is 0 Å². The molecule has 6 fully saturated rings. The van der Waals surface area contributed by atoms with Crippen molar-refractivity contribution < 1.29 is 14.4 Å². The van der Waals surface area contributed by atoms with Gasteiger partial charge in [0.1, 0.15) is 0 Å². The maximum atomic E-state index is 11.5. The Hall–Kier alpha value is -1.83. The van der Waals surface area contributed by atoms with Crippen molar-refractivity contribution >= 4 is 17.7 Å². The van der Waals surface area contributed by atoms with Gasteiger partial charge in [-0.1, -0.05) is 103 Å². The zero-order valence-corrected chi connectivity index (χ0v) is 59.7. The van der Waals surface area contributed by atoms with Crippen molar-refractivity contribution in [2.24, 2.45) is 0 Å². The largest absolute Gasteiger partial charge is 0.343 e. The van der Waals surface area contributed by atoms with Crippen molar-refractivity contribution in [2.45, 2.75) is 306 Å². The van der Waals surface area contributed by atoms with E-state index < -0.39 is 0 Å². The summed E-state index contributed by atoms with van der Waals surface area (Å²) >= 11 is 0. The summed E-state index contributed by atoms with van der Waals surface area (Å²) in [6.07, 6.45) is 11.5. The van der Waals surface area contributed by atoms with E-state index in [-0.39, 0.29) is 35.9 Å². The van der Waals surface area contributed by atoms with Crippen molar-refractivity contribution in [3.8, 4) is 0 Å². The lowest BCUT2D eigenvalue weighted by atomic mass is 10.0. The fourth-order valence-electron chi connectivity index (χ4n) is 8.95. The highest BCUT2D eigenvalue weighted by Crippen LogP contribution is 2.23. The van der Waals surface area contributed by atoms with Crippen molar-refractivity contribution in [1.82, 2.24) is 44.1 Å². The molecule has 0 aromatic carbocycles. The molecule has 0 saturated carbocycles. The molecule has 6 saturated heterocycles. The van der Waals surface area contributed by atoms with Crippen LogP contribution in [-0.2, 0) is 14.4 Å². The molecule has 0 spiro atoms. The van der Waals surface area contributed by atoms with E-state index in [1.165, 1.54) is 97.3 Å². The Bertz CT molecular complexity index is 1350. The third-order valence-corrected chi connectivity index (χ3v) is 13.8. The molecule has 6 aliphatic rings. The lowest BCUT2D eigenvalue weighted by Crippen LogP contribution is -2.55. The highest BCUT2D eigenvalue weighted by atomic mass is 16.2. The summed E-state index contributed by atoms with van der Waals surface area (Å²) in [7, 11) is 6.04. The predicted octanol–water partition coefficient (Wildman–Crippen LogP) is 15.3. The van der Waals surface area contributed by atoms with Crippen LogP contribution in [0.3, 0.4) is 0 Å². The van der Waals surface area contributed by atoms with E-state index in [1.807, 2.05) is 107 Å². The van der Waals surface area contributed by atoms with Gasteiger partial charge in [0.2, 0.25) is 17.7 Å². The second-order valence-corrected chi connectivity index (χ2v) is 25.9. The van der Waals surface area contributed by atoms with Crippen LogP contribution in [0.15, 0.2) is 0 Å². The first-order valence-electron chi connectivity index (χ1n) is 32.3. The summed E-state index contributed by atoms with van der Waals surface area (Å²) in [5, 5.41) is 0. The first-order valence-corrected chi connectivity index (χ1v) is 32.3. The van der Waals surface area contributed by atoms with Gasteiger partial charge in [0.15, 0.2) is 0 Å². The second kappa shape index (κ2) is 48.5. The van der Waals surface area contributed by atoms with Crippen LogP contribution in [0.1, 0.15) is 273 Å². The summed E-state index contributed by atoms with van der Waals surface area (Å²) in [6, 6.07) is 0. The van der Waals surface area contributed by atoms with Crippen LogP contribution in [0.5, 0.6) is 0 Å². The number of nitrogens with zero attached hydrogens (tertiary/aromatic N) is 9. The molecule has 0 N–H and O–H groups in total. The molecule has 6 heterocycles. The van der Waals surface area contributed by atoms with Crippen LogP contribution in [0.25, 0.3) is 0 Å². The molecule has 3 amide bonds. The first-order chi connectivity index (χ1) is 36.0. The third kappa shape index (κ3) is 44.4. The molecule has 0 bridgehead atoms. The standard InChI is InChI=1S/2C9H18N2O.C9H20N2.C9H17NO.2C9H19N.6C2H6.CH4/c1-9(2,3)11-6-5-10(4)8(12)7-11;1-9(2,3)11-6-5-10(4)7-8(11)12;1-9(2,3)11-7-5-10(4)6-8-11;1-9(2,3)10-7-5-4-6-8(10)11;2*1-9(2,3)10-7-5-4-6-8-10;6*1-2;/h2*5-7H2,1-4H3;5-8H2,1-4H3;4-7H2,1-3H3;2*4-8H2,1-3H3;6*1-2H3;1H4. The molecule has 0 radical (unpaired) electrons. The van der Waals surface area contributed by atoms with Crippen LogP contribution in [-0.4, -0.2) is 214 Å². The molecule has 12 heteroatoms. The van der Waals surface area contributed by atoms with Crippen LogP contribution in [0, 0.1) is 0 Å². The van der Waals surface area contributed by atoms with Gasteiger partial charge >= 0.3 is 0 Å². The molecular formula is C67H151N9O3. The number of likely N-dealkylation sites (N-methyl/N-ethyl adjacent to an activating group) is 3. The predicted molar refractivity (Wildman–Crippen MR) is 357 cm³/mol. The Labute approximate surface area is 499 Å². The molecule has 6 rings (SSSR count). The van der Waals surface area contributed by atoms with Gasteiger partial charge in [-0.2, -0.15) is 0 Å². The van der Waals surface area contributed by atoms with Gasteiger partial charge in [0, 0.05) is 106 Å². The van der Waals surface area contributed by atoms with Gasteiger partial charge in [-0.3, -0.25) is 38.9 Å². The van der Waals surface area contributed by atoms with Gasteiger partial charge in [-0.25, -0.2) is 0 Å². The average molecular weight is 1130 g/mol. The number of rotatable bonds is 0. The number of likely N-dealkylation sites (tertiary alicyclic amines) is 3. The second-order valence-electron chi connectivity index (χ2n) is 25.9. The van der Waals surface area contributed by atoms with Gasteiger partial charge in [0.25, 0.3) is 0 Å². The van der Waals surface area contributed by atoms with Crippen LogP contribution >= 0.6 is 0 Å². The average Bonchev–Trinajstić information content (AvgIpc) is 3.38. The first kappa shape index (κ1) is 90.9. The molecule has 0 aromatic heterocycles. The Balaban J connectivity index is -0.000000151. The van der Waals surface area contributed by atoms with Crippen molar-refractivity contribution in [2.75, 3.05) is 119 Å². The Kier molecular flexibility index (Phi) is 55.9. The number of hydrogen-bond acceptors (Lipinski definition) is 9. The Morgan fingerprint density at radius 1 is 0.266 bits per heavy atom. The molecule has 482 valence electrons. The molecule has 0 aromatic rings. The van der Waals surface area contributed by atoms with E-state index in [9.17, 15) is 14.4 Å². The minimum absolute atomic E-state index is 0. The van der Waals surface area contributed by atoms with E-state index in [0.29, 0.717) is 35.6 Å². The highest BCUT2D eigenvalue weighted by molar-refractivity contribution is 5.80. The smallest absolute Gasteiger partial charge is 0.237 e. The summed E-state index contributed by atoms with van der Waals surface area (Å²) in [5.74, 6) is 0.802. The summed E-state index contributed by atoms with van der Waals surface area (Å²) < 4.78 is 0. The van der Waals surface area contributed by atoms with E-state index in [0.717, 1.165) is 45.6 Å². The topological polar surface area (TPSA) is 80.4 Å². The fourth-order valence-corrected chi connectivity index (χ4v) is 8.95. The Morgan fingerprint density at radius 3 is 0.823 bits per heavy atom. The number of amides is 3. The monoisotopic (exact) mass is 1130 g/mol. The van der Waals surface area contributed by atoms with Crippen LogP contribution < -0.4 is 0 Å². The summed E-state index contributed by atoms with van der Waals surface area (Å²) in [6.45, 7) is 79.5. The van der Waals surface area contributed by atoms with E-state index in [2.05, 4.69) is 161 Å². The Morgan fingerprint density at radius 2 is 0.557 bits per heavy atom. The molecule has 0 unspecified atom stereocenters. The van der Waals surface area contributed by atoms with Crippen molar-refractivity contribution in [3.63, 3.8) is 0 Å². The van der Waals surface area contributed by atoms with E-state index in [4.69, 9.17) is 0 Å². The zero-order chi connectivity index (χ0) is 62.9. The quantitative estimate of drug-likeness (QED) is 0.236. The lowest BCUT2D eigenvalue weighted by Gasteiger charge is -2.41. The third-order valence-electron chi connectivity index (χ3n) is 13.8. The minimum Gasteiger partial charge on any atom is -0.343 e. The molecule has 0 aliphatic carbocycles. The SMILES string of the molecule is C.CC.CC.CC.CC.CC.CC.CC(C)(C)N1CCCCC1.CC(C)(C)N1CCCCC1.CC(C)(C)N1CCCCC1=O.CN1CCN(C(C)(C)C)C(=O)C1.CN1CCN(C(C)(C)C)CC1.CN1CCN(C(C)(C)C)CC1=O. The van der Waals surface area contributed by atoms with Crippen LogP contribution in [0.4, 0.5) is 0 Å². The number of piperidine rings is 3. The highest BCUT2D eigenvalue weighted by Gasteiger charge is 2.32. The number of carbonyl (C=O) groups is 3.